The van der Waals surface area contributed by atoms with E-state index in [2.05, 4.69) is 19.9 Å². The van der Waals surface area contributed by atoms with Crippen LogP contribution in [-0.4, -0.2) is 54.4 Å². The molecule has 0 radical (unpaired) electrons. The van der Waals surface area contributed by atoms with E-state index in [4.69, 9.17) is 14.2 Å². The van der Waals surface area contributed by atoms with Crippen molar-refractivity contribution < 1.29 is 33.7 Å². The highest BCUT2D eigenvalue weighted by molar-refractivity contribution is 6.01. The molecule has 0 spiro atoms. The van der Waals surface area contributed by atoms with Crippen LogP contribution < -0.4 is 0 Å². The van der Waals surface area contributed by atoms with E-state index in [-0.39, 0.29) is 29.6 Å². The predicted molar refractivity (Wildman–Crippen MR) is 122 cm³/mol. The van der Waals surface area contributed by atoms with Gasteiger partial charge in [0.25, 0.3) is 0 Å². The van der Waals surface area contributed by atoms with Gasteiger partial charge in [-0.25, -0.2) is 9.59 Å². The lowest BCUT2D eigenvalue weighted by atomic mass is 9.47. The number of esters is 2. The Morgan fingerprint density at radius 1 is 1.18 bits per heavy atom. The smallest absolute Gasteiger partial charge is 0.351 e. The highest BCUT2D eigenvalue weighted by atomic mass is 16.6. The average Bonchev–Trinajstić information content (AvgIpc) is 3.33. The highest BCUT2D eigenvalue weighted by Crippen LogP contribution is 2.69. The minimum Gasteiger partial charge on any atom is -0.466 e. The van der Waals surface area contributed by atoms with Crippen LogP contribution in [0.5, 0.6) is 0 Å². The molecule has 7 heteroatoms. The number of aliphatic hydroxyl groups excluding tert-OH is 1. The second-order valence-corrected chi connectivity index (χ2v) is 11.5. The molecule has 1 aliphatic heterocycles. The molecule has 1 saturated heterocycles. The van der Waals surface area contributed by atoms with E-state index in [0.717, 1.165) is 25.7 Å². The molecule has 0 amide bonds. The summed E-state index contributed by atoms with van der Waals surface area (Å²) in [5, 5.41) is 10.2. The van der Waals surface area contributed by atoms with Crippen molar-refractivity contribution in [3.63, 3.8) is 0 Å². The van der Waals surface area contributed by atoms with Gasteiger partial charge in [-0.2, -0.15) is 0 Å². The monoisotopic (exact) mass is 472 g/mol. The molecule has 1 heterocycles. The van der Waals surface area contributed by atoms with Crippen molar-refractivity contribution in [3.8, 4) is 0 Å². The fraction of sp³-hybridized carbons (Fsp3) is 0.741. The predicted octanol–water partition coefficient (Wildman–Crippen LogP) is 3.15. The first-order chi connectivity index (χ1) is 16.1. The molecule has 0 aromatic carbocycles. The molecule has 3 saturated carbocycles. The lowest BCUT2D eigenvalue weighted by Crippen LogP contribution is -2.62. The first-order valence-corrected chi connectivity index (χ1v) is 12.6. The summed E-state index contributed by atoms with van der Waals surface area (Å²) in [7, 11) is 1.34. The zero-order chi connectivity index (χ0) is 24.5. The van der Waals surface area contributed by atoms with E-state index < -0.39 is 35.2 Å². The topological polar surface area (TPSA) is 99.1 Å². The van der Waals surface area contributed by atoms with Crippen molar-refractivity contribution >= 4 is 17.7 Å². The minimum absolute atomic E-state index is 0.0639. The summed E-state index contributed by atoms with van der Waals surface area (Å²) in [6.07, 6.45) is 8.13. The Hall–Kier alpha value is -1.99. The van der Waals surface area contributed by atoms with Crippen LogP contribution in [0.1, 0.15) is 59.3 Å². The van der Waals surface area contributed by atoms with Gasteiger partial charge in [0, 0.05) is 16.7 Å². The Morgan fingerprint density at radius 2 is 1.94 bits per heavy atom. The fourth-order valence-electron chi connectivity index (χ4n) is 8.39. The zero-order valence-corrected chi connectivity index (χ0v) is 20.5. The fourth-order valence-corrected chi connectivity index (χ4v) is 8.39. The Bertz CT molecular complexity index is 968. The van der Waals surface area contributed by atoms with Crippen LogP contribution in [-0.2, 0) is 28.6 Å². The van der Waals surface area contributed by atoms with Gasteiger partial charge in [0.05, 0.1) is 19.8 Å². The maximum absolute atomic E-state index is 13.5. The molecule has 0 aromatic heterocycles. The molecule has 2 unspecified atom stereocenters. The van der Waals surface area contributed by atoms with E-state index in [1.165, 1.54) is 12.7 Å². The van der Waals surface area contributed by atoms with Gasteiger partial charge in [-0.3, -0.25) is 4.79 Å². The molecule has 9 atom stereocenters. The number of allylic oxidation sites excluding steroid dienone is 4. The number of aliphatic hydroxyl groups is 1. The molecule has 4 fully saturated rings. The van der Waals surface area contributed by atoms with Gasteiger partial charge in [-0.05, 0) is 68.4 Å². The van der Waals surface area contributed by atoms with Crippen molar-refractivity contribution in [2.45, 2.75) is 77.1 Å². The minimum atomic E-state index is -1.42. The number of carbonyl (C=O) groups is 3. The number of carbonyl (C=O) groups excluding carboxylic acids is 3. The maximum Gasteiger partial charge on any atom is 0.351 e. The van der Waals surface area contributed by atoms with Gasteiger partial charge in [-0.15, -0.1) is 0 Å². The molecule has 186 valence electrons. The van der Waals surface area contributed by atoms with Gasteiger partial charge < -0.3 is 19.3 Å². The van der Waals surface area contributed by atoms with Crippen LogP contribution in [0.15, 0.2) is 23.8 Å². The number of hydrogen-bond donors (Lipinski definition) is 1. The molecular formula is C27H36O7. The third kappa shape index (κ3) is 3.05. The van der Waals surface area contributed by atoms with E-state index in [1.807, 2.05) is 13.0 Å². The van der Waals surface area contributed by atoms with Gasteiger partial charge in [0.2, 0.25) is 5.60 Å². The molecular weight excluding hydrogens is 436 g/mol. The molecule has 1 N–H and O–H groups in total. The summed E-state index contributed by atoms with van der Waals surface area (Å²) in [6, 6.07) is 0. The lowest BCUT2D eigenvalue weighted by molar-refractivity contribution is -0.215. The van der Waals surface area contributed by atoms with Crippen LogP contribution in [0.2, 0.25) is 0 Å². The van der Waals surface area contributed by atoms with Crippen LogP contribution >= 0.6 is 0 Å². The van der Waals surface area contributed by atoms with E-state index in [1.54, 1.807) is 6.08 Å². The van der Waals surface area contributed by atoms with Crippen molar-refractivity contribution in [1.29, 1.82) is 0 Å². The summed E-state index contributed by atoms with van der Waals surface area (Å²) in [4.78, 5) is 38.7. The van der Waals surface area contributed by atoms with Crippen molar-refractivity contribution in [3.05, 3.63) is 23.8 Å². The summed E-state index contributed by atoms with van der Waals surface area (Å²) in [6.45, 7) is 6.59. The normalized spacial score (nSPS) is 47.3. The first-order valence-electron chi connectivity index (χ1n) is 12.6. The summed E-state index contributed by atoms with van der Waals surface area (Å²) in [5.41, 5.74) is -0.952. The largest absolute Gasteiger partial charge is 0.466 e. The quantitative estimate of drug-likeness (QED) is 0.630. The third-order valence-corrected chi connectivity index (χ3v) is 10.1. The van der Waals surface area contributed by atoms with Crippen molar-refractivity contribution in [2.75, 3.05) is 13.7 Å². The second kappa shape index (κ2) is 8.02. The van der Waals surface area contributed by atoms with Crippen molar-refractivity contribution in [2.24, 2.45) is 34.5 Å². The van der Waals surface area contributed by atoms with E-state index in [9.17, 15) is 19.5 Å². The molecule has 0 bridgehead atoms. The standard InChI is InChI=1S/C27H36O7/c1-15-13-20-18-6-5-16-14-17(28)7-10-25(16,2)19(18)8-11-26(20,3)27(15,24(31)32-4)34-23(30)22-21(29)9-12-33-22/h7,10,14-15,18-22,29H,5-6,8-9,11-13H2,1-4H3/t15?,18-,19+,20+,21?,22-,25+,26+,27+/m1/s1. The van der Waals surface area contributed by atoms with Gasteiger partial charge in [0.1, 0.15) is 0 Å². The van der Waals surface area contributed by atoms with Crippen molar-refractivity contribution in [1.82, 2.24) is 0 Å². The van der Waals surface area contributed by atoms with Crippen LogP contribution in [0.3, 0.4) is 0 Å². The maximum atomic E-state index is 13.5. The number of ether oxygens (including phenoxy) is 3. The third-order valence-electron chi connectivity index (χ3n) is 10.1. The van der Waals surface area contributed by atoms with Gasteiger partial charge in [-0.1, -0.05) is 32.4 Å². The van der Waals surface area contributed by atoms with E-state index >= 15 is 0 Å². The molecule has 7 nitrogen and oxygen atoms in total. The number of ketones is 1. The number of methoxy groups -OCH3 is 1. The Morgan fingerprint density at radius 3 is 2.62 bits per heavy atom. The zero-order valence-electron chi connectivity index (χ0n) is 20.5. The Labute approximate surface area is 200 Å². The second-order valence-electron chi connectivity index (χ2n) is 11.5. The lowest BCUT2D eigenvalue weighted by Gasteiger charge is -2.58. The van der Waals surface area contributed by atoms with Crippen LogP contribution in [0.25, 0.3) is 0 Å². The highest BCUT2D eigenvalue weighted by Gasteiger charge is 2.72. The van der Waals surface area contributed by atoms with Gasteiger partial charge in [0.15, 0.2) is 11.9 Å². The summed E-state index contributed by atoms with van der Waals surface area (Å²) >= 11 is 0. The van der Waals surface area contributed by atoms with Gasteiger partial charge >= 0.3 is 11.9 Å². The molecule has 5 aliphatic rings. The number of rotatable bonds is 3. The molecule has 5 rings (SSSR count). The molecule has 4 aliphatic carbocycles. The molecule has 34 heavy (non-hydrogen) atoms. The van der Waals surface area contributed by atoms with Crippen LogP contribution in [0.4, 0.5) is 0 Å². The average molecular weight is 473 g/mol. The Kier molecular flexibility index (Phi) is 5.60. The SMILES string of the molecule is COC(=O)[C@@]1(OC(=O)[C@@H]2OCCC2O)C(C)C[C@H]2[C@@H]3CCC4=CC(=O)C=C[C@]4(C)[C@H]3CC[C@@]21C. The number of hydrogen-bond acceptors (Lipinski definition) is 7. The number of fused-ring (bicyclic) bond motifs is 5. The van der Waals surface area contributed by atoms with E-state index in [0.29, 0.717) is 24.7 Å². The molecule has 0 aromatic rings. The van der Waals surface area contributed by atoms with Crippen LogP contribution in [0, 0.1) is 34.5 Å². The summed E-state index contributed by atoms with van der Waals surface area (Å²) < 4.78 is 16.9. The summed E-state index contributed by atoms with van der Waals surface area (Å²) in [5.74, 6) is -0.479. The first kappa shape index (κ1) is 23.7. The Balaban J connectivity index is 1.51.